The van der Waals surface area contributed by atoms with Gasteiger partial charge in [0, 0.05) is 0 Å². The van der Waals surface area contributed by atoms with E-state index in [-0.39, 0.29) is 24.4 Å². The Morgan fingerprint density at radius 3 is 2.55 bits per heavy atom. The van der Waals surface area contributed by atoms with Crippen LogP contribution in [0.25, 0.3) is 11.2 Å². The maximum Gasteiger partial charge on any atom is 0.501 e. The van der Waals surface area contributed by atoms with Crippen molar-refractivity contribution in [2.24, 2.45) is 0 Å². The number of nitrogens with zero attached hydrogens (tertiary/aromatic N) is 4. The molecule has 3 unspecified atom stereocenters. The third-order valence-electron chi connectivity index (χ3n) is 4.01. The molecule has 2 aromatic heterocycles. The lowest BCUT2D eigenvalue weighted by Gasteiger charge is -2.29. The third-order valence-corrected chi connectivity index (χ3v) is 9.36. The minimum absolute atomic E-state index is 0. The van der Waals surface area contributed by atoms with Crippen molar-refractivity contribution in [1.82, 2.24) is 19.5 Å². The summed E-state index contributed by atoms with van der Waals surface area (Å²) >= 11 is 0. The Labute approximate surface area is 173 Å². The number of hydrogen-bond acceptors (Lipinski definition) is 14. The summed E-state index contributed by atoms with van der Waals surface area (Å²) in [6, 6.07) is 0. The van der Waals surface area contributed by atoms with Gasteiger partial charge in [0.15, 0.2) is 17.7 Å². The maximum absolute atomic E-state index is 11.9. The molecule has 2 aliphatic rings. The van der Waals surface area contributed by atoms with Gasteiger partial charge in [-0.3, -0.25) is 9.09 Å². The highest BCUT2D eigenvalue weighted by atomic mass is 31.4. The molecule has 5 atom stereocenters. The molecule has 4 rings (SSSR count). The van der Waals surface area contributed by atoms with E-state index in [4.69, 9.17) is 15.4 Å². The van der Waals surface area contributed by atoms with Gasteiger partial charge in [-0.2, -0.15) is 12.9 Å². The van der Waals surface area contributed by atoms with E-state index in [1.165, 1.54) is 10.9 Å². The molecule has 0 saturated carbocycles. The van der Waals surface area contributed by atoms with Gasteiger partial charge >= 0.3 is 23.5 Å². The zero-order chi connectivity index (χ0) is 21.9. The molecule has 0 bridgehead atoms. The standard InChI is InChI=1S/C10H14N5O12P3.CH4/c11-8-5-9(13-2-12-8)15(3-14-5)10-7(17)6(16)4(24-10)1-23-28(18,19)25-30(22)26-29(20,21)27-30;/h2-4,6-7,10,16-17H,1H2,(H,18,19)(H,20,21)(H2,11,12,13);1H4/t4-,6?,7?,10-;/m1./s1. The van der Waals surface area contributed by atoms with Crippen LogP contribution in [0.5, 0.6) is 0 Å². The van der Waals surface area contributed by atoms with E-state index in [1.54, 1.807) is 0 Å². The van der Waals surface area contributed by atoms with Gasteiger partial charge in [0.1, 0.15) is 30.2 Å². The second-order valence-corrected chi connectivity index (χ2v) is 11.0. The summed E-state index contributed by atoms with van der Waals surface area (Å²) in [6.07, 6.45) is -3.28. The number of aliphatic hydroxyl groups excluding tert-OH is 2. The first kappa shape index (κ1) is 24.3. The maximum atomic E-state index is 11.9. The number of ether oxygens (including phenoxy) is 1. The van der Waals surface area contributed by atoms with Gasteiger partial charge in [0.2, 0.25) is 0 Å². The van der Waals surface area contributed by atoms with E-state index >= 15 is 0 Å². The van der Waals surface area contributed by atoms with E-state index in [2.05, 4.69) is 32.4 Å². The molecule has 0 radical (unpaired) electrons. The molecule has 20 heteroatoms. The minimum atomic E-state index is -5.13. The number of phosphoric acid groups is 3. The van der Waals surface area contributed by atoms with Crippen molar-refractivity contribution in [2.45, 2.75) is 32.0 Å². The Bertz CT molecular complexity index is 1110. The molecule has 0 spiro atoms. The normalized spacial score (nSPS) is 37.2. The number of aliphatic hydroxyl groups is 2. The fourth-order valence-electron chi connectivity index (χ4n) is 2.76. The van der Waals surface area contributed by atoms with Crippen molar-refractivity contribution >= 4 is 40.4 Å². The summed E-state index contributed by atoms with van der Waals surface area (Å²) in [5.41, 5.74) is 6.11. The van der Waals surface area contributed by atoms with Gasteiger partial charge in [-0.15, -0.1) is 0 Å². The van der Waals surface area contributed by atoms with Crippen LogP contribution in [-0.2, 0) is 35.9 Å². The molecule has 0 aromatic carbocycles. The van der Waals surface area contributed by atoms with Crippen LogP contribution in [0, 0.1) is 0 Å². The quantitative estimate of drug-likeness (QED) is 0.325. The van der Waals surface area contributed by atoms with Crippen molar-refractivity contribution in [3.63, 3.8) is 0 Å². The Hall–Kier alpha value is -1.32. The lowest BCUT2D eigenvalue weighted by Crippen LogP contribution is -2.33. The number of rotatable bonds is 6. The zero-order valence-electron chi connectivity index (χ0n) is 14.4. The molecule has 31 heavy (non-hydrogen) atoms. The average molecular weight is 505 g/mol. The molecule has 4 heterocycles. The van der Waals surface area contributed by atoms with Crippen LogP contribution < -0.4 is 5.73 Å². The summed E-state index contributed by atoms with van der Waals surface area (Å²) in [7, 11) is -14.5. The van der Waals surface area contributed by atoms with Crippen LogP contribution in [0.4, 0.5) is 5.82 Å². The van der Waals surface area contributed by atoms with Gasteiger partial charge in [-0.05, 0) is 0 Å². The van der Waals surface area contributed by atoms with Crippen LogP contribution in [0.1, 0.15) is 13.7 Å². The van der Waals surface area contributed by atoms with Crippen molar-refractivity contribution < 1.29 is 55.9 Å². The summed E-state index contributed by atoms with van der Waals surface area (Å²) in [5, 5.41) is 20.5. The average Bonchev–Trinajstić information content (AvgIpc) is 3.14. The largest absolute Gasteiger partial charge is 0.501 e. The van der Waals surface area contributed by atoms with Gasteiger partial charge in [0.25, 0.3) is 0 Å². The van der Waals surface area contributed by atoms with Crippen LogP contribution in [0.3, 0.4) is 0 Å². The lowest BCUT2D eigenvalue weighted by atomic mass is 10.1. The molecule has 2 saturated heterocycles. The van der Waals surface area contributed by atoms with E-state index in [0.29, 0.717) is 0 Å². The lowest BCUT2D eigenvalue weighted by molar-refractivity contribution is -0.0504. The molecular formula is C11H18N5O12P3. The number of hydrogen-bond donors (Lipinski definition) is 5. The molecular weight excluding hydrogens is 487 g/mol. The molecule has 2 aliphatic heterocycles. The number of aromatic nitrogens is 4. The number of imidazole rings is 1. The molecule has 2 aromatic rings. The summed E-state index contributed by atoms with van der Waals surface area (Å²) < 4.78 is 57.6. The van der Waals surface area contributed by atoms with E-state index in [9.17, 15) is 28.8 Å². The smallest absolute Gasteiger partial charge is 0.387 e. The Morgan fingerprint density at radius 2 is 1.90 bits per heavy atom. The van der Waals surface area contributed by atoms with Crippen molar-refractivity contribution in [3.8, 4) is 0 Å². The number of nitrogen functional groups attached to an aromatic ring is 1. The highest BCUT2D eigenvalue weighted by molar-refractivity contribution is 7.77. The molecule has 0 amide bonds. The Balaban J connectivity index is 0.00000272. The highest BCUT2D eigenvalue weighted by Gasteiger charge is 2.58. The SMILES string of the molecule is C.Nc1ncnc2c1ncn2[C@@H]1O[C@H](COP(=O)(O)OP2(=O)OP(=O)(O)O2)C(O)C1O. The molecule has 6 N–H and O–H groups in total. The van der Waals surface area contributed by atoms with E-state index < -0.39 is 54.6 Å². The van der Waals surface area contributed by atoms with Crippen molar-refractivity contribution in [2.75, 3.05) is 12.3 Å². The van der Waals surface area contributed by atoms with Crippen LogP contribution >= 0.6 is 23.5 Å². The summed E-state index contributed by atoms with van der Waals surface area (Å²) in [6.45, 7) is -0.816. The highest BCUT2D eigenvalue weighted by Crippen LogP contribution is 2.84. The Kier molecular flexibility index (Phi) is 6.46. The van der Waals surface area contributed by atoms with Crippen molar-refractivity contribution in [1.29, 1.82) is 0 Å². The molecule has 17 nitrogen and oxygen atoms in total. The zero-order valence-corrected chi connectivity index (χ0v) is 17.1. The first-order chi connectivity index (χ1) is 13.9. The third kappa shape index (κ3) is 4.73. The van der Waals surface area contributed by atoms with Gasteiger partial charge in [0.05, 0.1) is 12.9 Å². The van der Waals surface area contributed by atoms with E-state index in [0.717, 1.165) is 6.33 Å². The predicted molar refractivity (Wildman–Crippen MR) is 98.9 cm³/mol. The molecule has 2 fully saturated rings. The van der Waals surface area contributed by atoms with Gasteiger partial charge < -0.3 is 30.5 Å². The minimum Gasteiger partial charge on any atom is -0.387 e. The van der Waals surface area contributed by atoms with Crippen LogP contribution in [0.2, 0.25) is 0 Å². The van der Waals surface area contributed by atoms with Crippen LogP contribution in [-0.4, -0.2) is 64.4 Å². The van der Waals surface area contributed by atoms with E-state index in [1.807, 2.05) is 0 Å². The topological polar surface area (TPSA) is 248 Å². The number of fused-ring (bicyclic) bond motifs is 1. The second kappa shape index (κ2) is 8.23. The fourth-order valence-corrected chi connectivity index (χ4v) is 7.14. The fraction of sp³-hybridized carbons (Fsp3) is 0.545. The molecule has 174 valence electrons. The second-order valence-electron chi connectivity index (χ2n) is 6.05. The van der Waals surface area contributed by atoms with Crippen molar-refractivity contribution in [3.05, 3.63) is 12.7 Å². The van der Waals surface area contributed by atoms with Crippen LogP contribution in [0.15, 0.2) is 12.7 Å². The summed E-state index contributed by atoms with van der Waals surface area (Å²) in [4.78, 5) is 30.1. The summed E-state index contributed by atoms with van der Waals surface area (Å²) in [5.74, 6) is 0.0766. The molecule has 0 aliphatic carbocycles. The number of nitrogens with two attached hydrogens (primary N) is 1. The first-order valence-electron chi connectivity index (χ1n) is 7.88. The predicted octanol–water partition coefficient (Wildman–Crippen LogP) is 0.0527. The number of anilines is 1. The number of phosphoric ester groups is 1. The first-order valence-corrected chi connectivity index (χ1v) is 12.3. The van der Waals surface area contributed by atoms with Gasteiger partial charge in [-0.1, -0.05) is 7.43 Å². The Morgan fingerprint density at radius 1 is 1.23 bits per heavy atom. The van der Waals surface area contributed by atoms with Gasteiger partial charge in [-0.25, -0.2) is 28.6 Å². The monoisotopic (exact) mass is 505 g/mol.